The van der Waals surface area contributed by atoms with Gasteiger partial charge >= 0.3 is 6.09 Å². The van der Waals surface area contributed by atoms with Crippen LogP contribution in [-0.2, 0) is 11.2 Å². The first-order valence-electron chi connectivity index (χ1n) is 11.1. The number of aliphatic hydroxyl groups excluding tert-OH is 1. The molecule has 0 spiro atoms. The predicted octanol–water partition coefficient (Wildman–Crippen LogP) is 4.00. The maximum absolute atomic E-state index is 15.3. The number of rotatable bonds is 3. The highest BCUT2D eigenvalue weighted by molar-refractivity contribution is 5.99. The van der Waals surface area contributed by atoms with Crippen molar-refractivity contribution in [1.29, 1.82) is 0 Å². The molecule has 8 nitrogen and oxygen atoms in total. The molecule has 33 heavy (non-hydrogen) atoms. The van der Waals surface area contributed by atoms with Crippen LogP contribution < -0.4 is 16.4 Å². The van der Waals surface area contributed by atoms with Crippen LogP contribution in [0.3, 0.4) is 0 Å². The first kappa shape index (κ1) is 21.4. The van der Waals surface area contributed by atoms with Gasteiger partial charge < -0.3 is 20.9 Å². The Morgan fingerprint density at radius 3 is 2.82 bits per heavy atom. The van der Waals surface area contributed by atoms with Gasteiger partial charge in [0.25, 0.3) is 0 Å². The molecule has 5 N–H and O–H groups in total. The number of nitrogens with one attached hydrogen (secondary N) is 2. The molecule has 1 saturated carbocycles. The maximum Gasteiger partial charge on any atom is 0.413 e. The number of aliphatic hydroxyl groups is 1. The first-order valence-corrected chi connectivity index (χ1v) is 11.1. The third-order valence-electron chi connectivity index (χ3n) is 6.45. The molecule has 0 unspecified atom stereocenters. The third-order valence-corrected chi connectivity index (χ3v) is 6.45. The average molecular weight is 452 g/mol. The molecular weight excluding hydrogens is 425 g/mol. The van der Waals surface area contributed by atoms with Crippen LogP contribution in [0.1, 0.15) is 31.0 Å². The molecule has 0 radical (unpaired) electrons. The third kappa shape index (κ3) is 3.93. The number of pyridine rings is 2. The fourth-order valence-corrected chi connectivity index (χ4v) is 4.48. The summed E-state index contributed by atoms with van der Waals surface area (Å²) in [6.07, 6.45) is 3.50. The van der Waals surface area contributed by atoms with Gasteiger partial charge in [-0.15, -0.1) is 0 Å². The number of nitrogen functional groups attached to an aromatic ring is 1. The lowest BCUT2D eigenvalue weighted by Gasteiger charge is -2.30. The monoisotopic (exact) mass is 451 g/mol. The molecule has 3 aromatic rings. The number of hydrogen-bond acceptors (Lipinski definition) is 7. The van der Waals surface area contributed by atoms with E-state index in [0.717, 1.165) is 29.9 Å². The number of anilines is 3. The summed E-state index contributed by atoms with van der Waals surface area (Å²) < 4.78 is 20.5. The summed E-state index contributed by atoms with van der Waals surface area (Å²) in [5.74, 6) is 0.227. The van der Waals surface area contributed by atoms with Gasteiger partial charge in [0.2, 0.25) is 0 Å². The van der Waals surface area contributed by atoms with Gasteiger partial charge in [0.05, 0.1) is 23.2 Å². The van der Waals surface area contributed by atoms with E-state index in [1.165, 1.54) is 6.20 Å². The second-order valence-corrected chi connectivity index (χ2v) is 9.03. The van der Waals surface area contributed by atoms with Crippen molar-refractivity contribution in [3.05, 3.63) is 41.6 Å². The SMILES string of the molecule is Cc1c(-c2cc3cc(NC(=O)O[C@H]4C[C@@H](O)C4)ncc3c(N)c2F)cnc2c1NC[C@H](C)C2. The molecule has 0 bridgehead atoms. The van der Waals surface area contributed by atoms with Crippen LogP contribution in [-0.4, -0.2) is 39.9 Å². The van der Waals surface area contributed by atoms with E-state index < -0.39 is 18.0 Å². The fraction of sp³-hybridized carbons (Fsp3) is 0.375. The summed E-state index contributed by atoms with van der Waals surface area (Å²) in [5, 5.41) is 16.4. The number of ether oxygens (including phenoxy) is 1. The quantitative estimate of drug-likeness (QED) is 0.444. The van der Waals surface area contributed by atoms with Gasteiger partial charge in [0.1, 0.15) is 11.9 Å². The fourth-order valence-electron chi connectivity index (χ4n) is 4.48. The van der Waals surface area contributed by atoms with Crippen molar-refractivity contribution in [2.24, 2.45) is 5.92 Å². The van der Waals surface area contributed by atoms with E-state index in [-0.39, 0.29) is 17.6 Å². The number of halogens is 1. The van der Waals surface area contributed by atoms with Crippen molar-refractivity contribution in [3.8, 4) is 11.1 Å². The van der Waals surface area contributed by atoms with E-state index in [2.05, 4.69) is 27.5 Å². The van der Waals surface area contributed by atoms with Crippen molar-refractivity contribution < 1.29 is 19.0 Å². The Morgan fingerprint density at radius 2 is 2.06 bits per heavy atom. The van der Waals surface area contributed by atoms with Gasteiger partial charge in [-0.3, -0.25) is 10.3 Å². The Hall–Kier alpha value is -3.46. The summed E-state index contributed by atoms with van der Waals surface area (Å²) in [6.45, 7) is 4.96. The summed E-state index contributed by atoms with van der Waals surface area (Å²) >= 11 is 0. The van der Waals surface area contributed by atoms with Crippen molar-refractivity contribution >= 4 is 34.1 Å². The van der Waals surface area contributed by atoms with E-state index in [0.29, 0.717) is 40.7 Å². The molecule has 1 atom stereocenters. The number of aromatic nitrogens is 2. The molecule has 9 heteroatoms. The van der Waals surface area contributed by atoms with Gasteiger partial charge in [0.15, 0.2) is 5.82 Å². The smallest absolute Gasteiger partial charge is 0.413 e. The number of carbonyl (C=O) groups is 1. The van der Waals surface area contributed by atoms with Crippen molar-refractivity contribution in [3.63, 3.8) is 0 Å². The zero-order valence-corrected chi connectivity index (χ0v) is 18.5. The number of fused-ring (bicyclic) bond motifs is 2. The summed E-state index contributed by atoms with van der Waals surface area (Å²) in [6, 6.07) is 3.33. The Kier molecular flexibility index (Phi) is 5.28. The lowest BCUT2D eigenvalue weighted by atomic mass is 9.92. The Bertz CT molecular complexity index is 1260. The van der Waals surface area contributed by atoms with Gasteiger partial charge in [-0.2, -0.15) is 0 Å². The molecule has 5 rings (SSSR count). The molecule has 0 saturated heterocycles. The normalized spacial score (nSPS) is 21.6. The van der Waals surface area contributed by atoms with Gasteiger partial charge in [-0.1, -0.05) is 6.92 Å². The highest BCUT2D eigenvalue weighted by Gasteiger charge is 2.30. The van der Waals surface area contributed by atoms with Crippen LogP contribution in [0.25, 0.3) is 21.9 Å². The second-order valence-electron chi connectivity index (χ2n) is 9.03. The predicted molar refractivity (Wildman–Crippen MR) is 125 cm³/mol. The van der Waals surface area contributed by atoms with Gasteiger partial charge in [-0.05, 0) is 42.3 Å². The number of nitrogens with zero attached hydrogens (tertiary/aromatic N) is 2. The first-order chi connectivity index (χ1) is 15.8. The molecule has 2 aliphatic rings. The van der Waals surface area contributed by atoms with Crippen LogP contribution in [0.2, 0.25) is 0 Å². The minimum absolute atomic E-state index is 0.00807. The molecule has 1 aliphatic carbocycles. The van der Waals surface area contributed by atoms with E-state index in [4.69, 9.17) is 10.5 Å². The van der Waals surface area contributed by atoms with E-state index >= 15 is 4.39 Å². The molecule has 1 amide bonds. The van der Waals surface area contributed by atoms with Crippen molar-refractivity contribution in [1.82, 2.24) is 9.97 Å². The Morgan fingerprint density at radius 1 is 1.27 bits per heavy atom. The largest absolute Gasteiger partial charge is 0.446 e. The number of amides is 1. The zero-order valence-electron chi connectivity index (χ0n) is 18.5. The van der Waals surface area contributed by atoms with Crippen molar-refractivity contribution in [2.75, 3.05) is 22.9 Å². The molecule has 1 aromatic carbocycles. The number of hydrogen-bond donors (Lipinski definition) is 4. The van der Waals surface area contributed by atoms with Crippen LogP contribution in [0, 0.1) is 18.7 Å². The Labute approximate surface area is 190 Å². The minimum atomic E-state index is -0.649. The molecule has 3 heterocycles. The highest BCUT2D eigenvalue weighted by Crippen LogP contribution is 2.38. The topological polar surface area (TPSA) is 122 Å². The van der Waals surface area contributed by atoms with Crippen LogP contribution in [0.5, 0.6) is 0 Å². The van der Waals surface area contributed by atoms with Crippen LogP contribution in [0.15, 0.2) is 24.5 Å². The molecule has 2 aromatic heterocycles. The molecular formula is C24H26FN5O3. The maximum atomic E-state index is 15.3. The number of nitrogens with two attached hydrogens (primary N) is 1. The number of carbonyl (C=O) groups excluding carboxylic acids is 1. The van der Waals surface area contributed by atoms with E-state index in [1.54, 1.807) is 18.3 Å². The van der Waals surface area contributed by atoms with Crippen molar-refractivity contribution in [2.45, 2.75) is 45.3 Å². The number of benzene rings is 1. The summed E-state index contributed by atoms with van der Waals surface area (Å²) in [7, 11) is 0. The second kappa shape index (κ2) is 8.15. The standard InChI is InChI=1S/C24H26FN5O3/c1-11-3-19-23(29-8-11)12(2)17(9-27-19)16-4-13-5-20(28-10-18(13)22(26)21(16)25)30-24(32)33-15-6-14(31)7-15/h4-5,9-11,14-15,29,31H,3,6-8,26H2,1-2H3,(H,28,30,32)/t11-,14-,15+/m1/s1. The average Bonchev–Trinajstić information content (AvgIpc) is 2.75. The van der Waals surface area contributed by atoms with Gasteiger partial charge in [0, 0.05) is 48.3 Å². The lowest BCUT2D eigenvalue weighted by Crippen LogP contribution is -2.37. The minimum Gasteiger partial charge on any atom is -0.446 e. The van der Waals surface area contributed by atoms with E-state index in [9.17, 15) is 9.90 Å². The highest BCUT2D eigenvalue weighted by atomic mass is 19.1. The molecule has 172 valence electrons. The van der Waals surface area contributed by atoms with E-state index in [1.807, 2.05) is 6.92 Å². The lowest BCUT2D eigenvalue weighted by molar-refractivity contribution is -0.0308. The van der Waals surface area contributed by atoms with Crippen LogP contribution >= 0.6 is 0 Å². The zero-order chi connectivity index (χ0) is 23.3. The van der Waals surface area contributed by atoms with Crippen LogP contribution in [0.4, 0.5) is 26.4 Å². The summed E-state index contributed by atoms with van der Waals surface area (Å²) in [5.41, 5.74) is 9.98. The Balaban J connectivity index is 1.48. The van der Waals surface area contributed by atoms with Gasteiger partial charge in [-0.25, -0.2) is 14.2 Å². The summed E-state index contributed by atoms with van der Waals surface area (Å²) in [4.78, 5) is 20.9. The molecule has 1 fully saturated rings. The molecule has 1 aliphatic heterocycles.